The molecule has 0 aliphatic rings. The van der Waals surface area contributed by atoms with E-state index in [2.05, 4.69) is 5.32 Å². The Bertz CT molecular complexity index is 680. The van der Waals surface area contributed by atoms with Crippen LogP contribution in [0.2, 0.25) is 15.1 Å². The summed E-state index contributed by atoms with van der Waals surface area (Å²) in [7, 11) is 0. The summed E-state index contributed by atoms with van der Waals surface area (Å²) in [5.74, 6) is -0.425. The number of hydrogen-bond donors (Lipinski definition) is 2. The molecular formula is C14H12Cl3FN2O. The maximum Gasteiger partial charge on any atom is 0.167 e. The first-order chi connectivity index (χ1) is 9.92. The molecule has 0 heterocycles. The van der Waals surface area contributed by atoms with E-state index >= 15 is 0 Å². The van der Waals surface area contributed by atoms with Gasteiger partial charge in [0.15, 0.2) is 11.6 Å². The van der Waals surface area contributed by atoms with Crippen molar-refractivity contribution in [3.05, 3.63) is 45.2 Å². The van der Waals surface area contributed by atoms with E-state index in [0.29, 0.717) is 33.0 Å². The minimum atomic E-state index is -0.528. The van der Waals surface area contributed by atoms with Crippen LogP contribution >= 0.6 is 34.8 Å². The van der Waals surface area contributed by atoms with Crippen LogP contribution in [0.1, 0.15) is 6.92 Å². The highest BCUT2D eigenvalue weighted by Crippen LogP contribution is 2.36. The zero-order valence-electron chi connectivity index (χ0n) is 11.0. The van der Waals surface area contributed by atoms with Crippen LogP contribution in [0.25, 0.3) is 0 Å². The fourth-order valence-electron chi connectivity index (χ4n) is 1.71. The van der Waals surface area contributed by atoms with E-state index in [1.807, 2.05) is 0 Å². The van der Waals surface area contributed by atoms with Crippen LogP contribution < -0.4 is 15.8 Å². The zero-order valence-corrected chi connectivity index (χ0v) is 13.3. The Morgan fingerprint density at radius 2 is 1.71 bits per heavy atom. The first kappa shape index (κ1) is 16.0. The summed E-state index contributed by atoms with van der Waals surface area (Å²) in [5, 5.41) is 4.04. The van der Waals surface area contributed by atoms with Crippen molar-refractivity contribution in [2.24, 2.45) is 0 Å². The van der Waals surface area contributed by atoms with Crippen molar-refractivity contribution in [3.63, 3.8) is 0 Å². The van der Waals surface area contributed by atoms with E-state index in [1.54, 1.807) is 13.0 Å². The fourth-order valence-corrected chi connectivity index (χ4v) is 2.30. The highest BCUT2D eigenvalue weighted by Gasteiger charge is 2.12. The molecule has 21 heavy (non-hydrogen) atoms. The summed E-state index contributed by atoms with van der Waals surface area (Å²) in [4.78, 5) is 0. The molecule has 0 amide bonds. The smallest absolute Gasteiger partial charge is 0.167 e. The van der Waals surface area contributed by atoms with Crippen LogP contribution in [-0.2, 0) is 0 Å². The van der Waals surface area contributed by atoms with Crippen LogP contribution in [0.3, 0.4) is 0 Å². The van der Waals surface area contributed by atoms with Crippen molar-refractivity contribution >= 4 is 51.9 Å². The van der Waals surface area contributed by atoms with Crippen molar-refractivity contribution in [2.45, 2.75) is 6.92 Å². The van der Waals surface area contributed by atoms with Gasteiger partial charge in [-0.1, -0.05) is 34.8 Å². The van der Waals surface area contributed by atoms with Gasteiger partial charge in [0, 0.05) is 12.1 Å². The summed E-state index contributed by atoms with van der Waals surface area (Å²) < 4.78 is 18.8. The van der Waals surface area contributed by atoms with Gasteiger partial charge in [0.25, 0.3) is 0 Å². The molecule has 2 aromatic carbocycles. The number of halogens is 4. The van der Waals surface area contributed by atoms with Crippen LogP contribution in [0.15, 0.2) is 24.3 Å². The Labute approximate surface area is 136 Å². The first-order valence-electron chi connectivity index (χ1n) is 6.05. The zero-order chi connectivity index (χ0) is 15.6. The molecule has 0 aliphatic carbocycles. The number of rotatable bonds is 4. The maximum absolute atomic E-state index is 13.7. The monoisotopic (exact) mass is 348 g/mol. The number of nitrogens with two attached hydrogens (primary N) is 1. The third-order valence-corrected chi connectivity index (χ3v) is 3.72. The molecular weight excluding hydrogens is 338 g/mol. The van der Waals surface area contributed by atoms with Gasteiger partial charge in [0.2, 0.25) is 0 Å². The third-order valence-electron chi connectivity index (χ3n) is 2.68. The van der Waals surface area contributed by atoms with E-state index in [9.17, 15) is 4.39 Å². The summed E-state index contributed by atoms with van der Waals surface area (Å²) >= 11 is 17.9. The van der Waals surface area contributed by atoms with Gasteiger partial charge in [-0.15, -0.1) is 0 Å². The lowest BCUT2D eigenvalue weighted by atomic mass is 10.2. The minimum Gasteiger partial charge on any atom is -0.491 e. The Balaban J connectivity index is 2.39. The summed E-state index contributed by atoms with van der Waals surface area (Å²) in [6.45, 7) is 2.10. The number of hydrogen-bond acceptors (Lipinski definition) is 3. The minimum absolute atomic E-state index is 0.102. The van der Waals surface area contributed by atoms with Gasteiger partial charge in [-0.3, -0.25) is 0 Å². The second-order valence-electron chi connectivity index (χ2n) is 4.17. The lowest BCUT2D eigenvalue weighted by Crippen LogP contribution is -2.01. The molecule has 7 heteroatoms. The lowest BCUT2D eigenvalue weighted by molar-refractivity contribution is 0.322. The molecule has 0 unspecified atom stereocenters. The molecule has 0 radical (unpaired) electrons. The molecule has 2 aromatic rings. The van der Waals surface area contributed by atoms with Gasteiger partial charge in [0.05, 0.1) is 38.7 Å². The van der Waals surface area contributed by atoms with Gasteiger partial charge in [-0.05, 0) is 19.1 Å². The molecule has 2 rings (SSSR count). The molecule has 0 spiro atoms. The molecule has 3 N–H and O–H groups in total. The van der Waals surface area contributed by atoms with E-state index in [0.717, 1.165) is 0 Å². The SMILES string of the molecule is CCOc1cc(Nc2cc(Cl)c(Cl)cc2Cl)c(N)cc1F. The molecule has 112 valence electrons. The topological polar surface area (TPSA) is 47.3 Å². The second-order valence-corrected chi connectivity index (χ2v) is 5.40. The van der Waals surface area contributed by atoms with Gasteiger partial charge in [0.1, 0.15) is 0 Å². The van der Waals surface area contributed by atoms with Gasteiger partial charge >= 0.3 is 0 Å². The normalized spacial score (nSPS) is 10.5. The molecule has 0 atom stereocenters. The number of nitrogen functional groups attached to an aromatic ring is 1. The molecule has 0 saturated carbocycles. The van der Waals surface area contributed by atoms with Crippen LogP contribution in [0.5, 0.6) is 5.75 Å². The molecule has 0 fully saturated rings. The van der Waals surface area contributed by atoms with Crippen molar-refractivity contribution in [1.82, 2.24) is 0 Å². The van der Waals surface area contributed by atoms with Crippen molar-refractivity contribution in [2.75, 3.05) is 17.7 Å². The highest BCUT2D eigenvalue weighted by atomic mass is 35.5. The number of benzene rings is 2. The van der Waals surface area contributed by atoms with E-state index < -0.39 is 5.82 Å². The van der Waals surface area contributed by atoms with Crippen molar-refractivity contribution < 1.29 is 9.13 Å². The second kappa shape index (κ2) is 6.60. The predicted octanol–water partition coefficient (Wildman–Crippen LogP) is 5.51. The van der Waals surface area contributed by atoms with E-state index in [4.69, 9.17) is 45.3 Å². The van der Waals surface area contributed by atoms with Crippen LogP contribution in [0, 0.1) is 5.82 Å². The van der Waals surface area contributed by atoms with Crippen molar-refractivity contribution in [1.29, 1.82) is 0 Å². The summed E-state index contributed by atoms with van der Waals surface area (Å²) in [6.07, 6.45) is 0. The summed E-state index contributed by atoms with van der Waals surface area (Å²) in [5.41, 5.74) is 6.98. The third kappa shape index (κ3) is 3.64. The van der Waals surface area contributed by atoms with Crippen molar-refractivity contribution in [3.8, 4) is 5.75 Å². The van der Waals surface area contributed by atoms with Crippen LogP contribution in [0.4, 0.5) is 21.5 Å². The molecule has 3 nitrogen and oxygen atoms in total. The van der Waals surface area contributed by atoms with Crippen LogP contribution in [-0.4, -0.2) is 6.61 Å². The van der Waals surface area contributed by atoms with Gasteiger partial charge in [-0.2, -0.15) is 0 Å². The average Bonchev–Trinajstić information content (AvgIpc) is 2.41. The molecule has 0 aromatic heterocycles. The Morgan fingerprint density at radius 3 is 2.38 bits per heavy atom. The Morgan fingerprint density at radius 1 is 1.05 bits per heavy atom. The maximum atomic E-state index is 13.7. The largest absolute Gasteiger partial charge is 0.491 e. The van der Waals surface area contributed by atoms with Gasteiger partial charge in [-0.25, -0.2) is 4.39 Å². The quantitative estimate of drug-likeness (QED) is 0.565. The van der Waals surface area contributed by atoms with Gasteiger partial charge < -0.3 is 15.8 Å². The molecule has 0 bridgehead atoms. The van der Waals surface area contributed by atoms with E-state index in [1.165, 1.54) is 18.2 Å². The predicted molar refractivity (Wildman–Crippen MR) is 86.7 cm³/mol. The number of anilines is 3. The highest BCUT2D eigenvalue weighted by molar-refractivity contribution is 6.44. The fraction of sp³-hybridized carbons (Fsp3) is 0.143. The lowest BCUT2D eigenvalue weighted by Gasteiger charge is -2.14. The molecule has 0 aliphatic heterocycles. The first-order valence-corrected chi connectivity index (χ1v) is 7.19. The Hall–Kier alpha value is -1.36. The van der Waals surface area contributed by atoms with E-state index in [-0.39, 0.29) is 11.4 Å². The standard InChI is InChI=1S/C14H12Cl3FN2O/c1-2-21-14-6-13(11(19)5-10(14)18)20-12-4-8(16)7(15)3-9(12)17/h3-6,20H,2,19H2,1H3. The average molecular weight is 350 g/mol. The summed E-state index contributed by atoms with van der Waals surface area (Å²) in [6, 6.07) is 5.72. The Kier molecular flexibility index (Phi) is 5.04. The number of nitrogens with one attached hydrogen (secondary N) is 1. The molecule has 0 saturated heterocycles. The number of ether oxygens (including phenoxy) is 1.